The fourth-order valence-corrected chi connectivity index (χ4v) is 3.31. The number of fused-ring (bicyclic) bond motifs is 1. The Morgan fingerprint density at radius 3 is 2.78 bits per heavy atom. The average Bonchev–Trinajstić information content (AvgIpc) is 3.22. The van der Waals surface area contributed by atoms with Gasteiger partial charge in [-0.1, -0.05) is 0 Å². The monoisotopic (exact) mass is 371 g/mol. The zero-order valence-corrected chi connectivity index (χ0v) is 14.8. The van der Waals surface area contributed by atoms with Crippen LogP contribution in [-0.4, -0.2) is 49.2 Å². The van der Waals surface area contributed by atoms with Crippen LogP contribution in [0.1, 0.15) is 23.4 Å². The van der Waals surface area contributed by atoms with Crippen LogP contribution in [0.3, 0.4) is 0 Å². The number of amides is 3. The Morgan fingerprint density at radius 1 is 1.11 bits per heavy atom. The first-order valence-electron chi connectivity index (χ1n) is 8.99. The van der Waals surface area contributed by atoms with Gasteiger partial charge < -0.3 is 29.4 Å². The van der Waals surface area contributed by atoms with Crippen LogP contribution < -0.4 is 20.1 Å². The third kappa shape index (κ3) is 3.99. The van der Waals surface area contributed by atoms with Crippen LogP contribution >= 0.6 is 0 Å². The number of carbonyl (C=O) groups excluding carboxylic acids is 2. The van der Waals surface area contributed by atoms with Gasteiger partial charge in [0.05, 0.1) is 6.26 Å². The van der Waals surface area contributed by atoms with Gasteiger partial charge in [0.1, 0.15) is 13.2 Å². The summed E-state index contributed by atoms with van der Waals surface area (Å²) in [6.45, 7) is 2.12. The highest BCUT2D eigenvalue weighted by atomic mass is 16.6. The first-order valence-corrected chi connectivity index (χ1v) is 8.99. The molecule has 1 atom stereocenters. The van der Waals surface area contributed by atoms with Crippen LogP contribution in [0.2, 0.25) is 0 Å². The van der Waals surface area contributed by atoms with E-state index in [0.29, 0.717) is 49.2 Å². The number of nitrogens with one attached hydrogen (secondary N) is 2. The van der Waals surface area contributed by atoms with Crippen LogP contribution in [-0.2, 0) is 0 Å². The third-order valence-corrected chi connectivity index (χ3v) is 4.58. The van der Waals surface area contributed by atoms with Crippen LogP contribution in [0.5, 0.6) is 11.5 Å². The zero-order valence-electron chi connectivity index (χ0n) is 14.8. The summed E-state index contributed by atoms with van der Waals surface area (Å²) in [6.07, 6.45) is 3.12. The molecule has 0 bridgehead atoms. The van der Waals surface area contributed by atoms with E-state index in [9.17, 15) is 9.59 Å². The van der Waals surface area contributed by atoms with Crippen molar-refractivity contribution in [3.8, 4) is 11.5 Å². The summed E-state index contributed by atoms with van der Waals surface area (Å²) in [4.78, 5) is 26.4. The van der Waals surface area contributed by atoms with Gasteiger partial charge in [-0.2, -0.15) is 0 Å². The molecule has 0 radical (unpaired) electrons. The summed E-state index contributed by atoms with van der Waals surface area (Å²) >= 11 is 0. The van der Waals surface area contributed by atoms with Crippen molar-refractivity contribution in [1.82, 2.24) is 10.2 Å². The SMILES string of the molecule is O=C(Nc1ccc2c(c1)OCCO2)N[C@H]1CCCN(C(=O)c2ccco2)C1. The summed E-state index contributed by atoms with van der Waals surface area (Å²) in [6, 6.07) is 8.18. The van der Waals surface area contributed by atoms with Gasteiger partial charge in [-0.05, 0) is 37.1 Å². The normalized spacial score (nSPS) is 18.7. The van der Waals surface area contributed by atoms with Gasteiger partial charge in [-0.25, -0.2) is 4.79 Å². The third-order valence-electron chi connectivity index (χ3n) is 4.58. The Bertz CT molecular complexity index is 821. The van der Waals surface area contributed by atoms with Crippen LogP contribution in [0.15, 0.2) is 41.0 Å². The topological polar surface area (TPSA) is 93.0 Å². The van der Waals surface area contributed by atoms with E-state index in [2.05, 4.69) is 10.6 Å². The summed E-state index contributed by atoms with van der Waals surface area (Å²) in [5, 5.41) is 5.73. The molecule has 0 spiro atoms. The van der Waals surface area contributed by atoms with E-state index in [4.69, 9.17) is 13.9 Å². The molecule has 1 fully saturated rings. The minimum absolute atomic E-state index is 0.116. The van der Waals surface area contributed by atoms with E-state index in [1.807, 2.05) is 0 Å². The van der Waals surface area contributed by atoms with Crippen molar-refractivity contribution in [2.75, 3.05) is 31.6 Å². The number of furan rings is 1. The minimum Gasteiger partial charge on any atom is -0.486 e. The van der Waals surface area contributed by atoms with Crippen LogP contribution in [0, 0.1) is 0 Å². The average molecular weight is 371 g/mol. The van der Waals surface area contributed by atoms with Gasteiger partial charge in [0, 0.05) is 30.9 Å². The fourth-order valence-electron chi connectivity index (χ4n) is 3.31. The van der Waals surface area contributed by atoms with Crippen molar-refractivity contribution in [3.63, 3.8) is 0 Å². The predicted octanol–water partition coefficient (Wildman–Crippen LogP) is 2.48. The maximum absolute atomic E-state index is 12.4. The molecule has 0 saturated carbocycles. The van der Waals surface area contributed by atoms with Gasteiger partial charge in [0.25, 0.3) is 5.91 Å². The maximum atomic E-state index is 12.4. The van der Waals surface area contributed by atoms with E-state index in [-0.39, 0.29) is 18.0 Å². The number of nitrogens with zero attached hydrogens (tertiary/aromatic N) is 1. The second-order valence-electron chi connectivity index (χ2n) is 6.52. The number of hydrogen-bond acceptors (Lipinski definition) is 5. The first-order chi connectivity index (χ1) is 13.2. The number of carbonyl (C=O) groups is 2. The molecule has 8 nitrogen and oxygen atoms in total. The molecule has 0 unspecified atom stereocenters. The van der Waals surface area contributed by atoms with Crippen molar-refractivity contribution in [2.24, 2.45) is 0 Å². The first kappa shape index (κ1) is 17.3. The summed E-state index contributed by atoms with van der Waals surface area (Å²) in [5.74, 6) is 1.45. The van der Waals surface area contributed by atoms with Gasteiger partial charge in [0.2, 0.25) is 0 Å². The maximum Gasteiger partial charge on any atom is 0.319 e. The van der Waals surface area contributed by atoms with Crippen LogP contribution in [0.25, 0.3) is 0 Å². The molecule has 1 aromatic carbocycles. The smallest absolute Gasteiger partial charge is 0.319 e. The quantitative estimate of drug-likeness (QED) is 0.865. The molecule has 1 aromatic heterocycles. The number of hydrogen-bond donors (Lipinski definition) is 2. The number of urea groups is 1. The zero-order chi connectivity index (χ0) is 18.6. The molecule has 3 amide bonds. The van der Waals surface area contributed by atoms with Gasteiger partial charge in [-0.15, -0.1) is 0 Å². The predicted molar refractivity (Wildman–Crippen MR) is 97.2 cm³/mol. The number of likely N-dealkylation sites (tertiary alicyclic amines) is 1. The summed E-state index contributed by atoms with van der Waals surface area (Å²) in [5.41, 5.74) is 0.621. The highest BCUT2D eigenvalue weighted by molar-refractivity contribution is 5.92. The molecule has 2 aliphatic rings. The summed E-state index contributed by atoms with van der Waals surface area (Å²) < 4.78 is 16.2. The number of piperidine rings is 1. The number of ether oxygens (including phenoxy) is 2. The van der Waals surface area contributed by atoms with E-state index in [1.54, 1.807) is 35.2 Å². The standard InChI is InChI=1S/C19H21N3O5/c23-18(16-4-2-8-25-16)22-7-1-3-14(12-22)21-19(24)20-13-5-6-15-17(11-13)27-10-9-26-15/h2,4-6,8,11,14H,1,3,7,9-10,12H2,(H2,20,21,24)/t14-/m0/s1. The Labute approximate surface area is 156 Å². The lowest BCUT2D eigenvalue weighted by Gasteiger charge is -2.32. The molecular weight excluding hydrogens is 350 g/mol. The molecule has 27 heavy (non-hydrogen) atoms. The van der Waals surface area contributed by atoms with E-state index in [1.165, 1.54) is 6.26 Å². The molecule has 4 rings (SSSR count). The Balaban J connectivity index is 1.33. The molecule has 8 heteroatoms. The molecule has 2 N–H and O–H groups in total. The minimum atomic E-state index is -0.316. The molecule has 142 valence electrons. The fraction of sp³-hybridized carbons (Fsp3) is 0.368. The van der Waals surface area contributed by atoms with Crippen molar-refractivity contribution in [2.45, 2.75) is 18.9 Å². The number of rotatable bonds is 3. The molecule has 0 aliphatic carbocycles. The van der Waals surface area contributed by atoms with Gasteiger partial charge in [0.15, 0.2) is 17.3 Å². The van der Waals surface area contributed by atoms with Crippen molar-refractivity contribution < 1.29 is 23.5 Å². The van der Waals surface area contributed by atoms with Crippen LogP contribution in [0.4, 0.5) is 10.5 Å². The van der Waals surface area contributed by atoms with Gasteiger partial charge >= 0.3 is 6.03 Å². The second kappa shape index (κ2) is 7.61. The molecule has 2 aromatic rings. The Morgan fingerprint density at radius 2 is 1.96 bits per heavy atom. The molecule has 2 aliphatic heterocycles. The Hall–Kier alpha value is -3.16. The van der Waals surface area contributed by atoms with E-state index in [0.717, 1.165) is 12.8 Å². The van der Waals surface area contributed by atoms with Crippen molar-refractivity contribution >= 4 is 17.6 Å². The Kier molecular flexibility index (Phi) is 4.86. The van der Waals surface area contributed by atoms with E-state index < -0.39 is 0 Å². The summed E-state index contributed by atoms with van der Waals surface area (Å²) in [7, 11) is 0. The number of benzene rings is 1. The lowest BCUT2D eigenvalue weighted by atomic mass is 10.1. The molecule has 3 heterocycles. The lowest BCUT2D eigenvalue weighted by molar-refractivity contribution is 0.0666. The highest BCUT2D eigenvalue weighted by Crippen LogP contribution is 2.32. The number of anilines is 1. The molecular formula is C19H21N3O5. The molecule has 1 saturated heterocycles. The van der Waals surface area contributed by atoms with E-state index >= 15 is 0 Å². The largest absolute Gasteiger partial charge is 0.486 e. The lowest BCUT2D eigenvalue weighted by Crippen LogP contribution is -2.50. The highest BCUT2D eigenvalue weighted by Gasteiger charge is 2.26. The van der Waals surface area contributed by atoms with Crippen molar-refractivity contribution in [1.29, 1.82) is 0 Å². The van der Waals surface area contributed by atoms with Crippen molar-refractivity contribution in [3.05, 3.63) is 42.4 Å². The van der Waals surface area contributed by atoms with Gasteiger partial charge in [-0.3, -0.25) is 4.79 Å². The second-order valence-corrected chi connectivity index (χ2v) is 6.52.